The van der Waals surface area contributed by atoms with Crippen LogP contribution in [0.15, 0.2) is 42.5 Å². The van der Waals surface area contributed by atoms with Crippen molar-refractivity contribution in [2.75, 3.05) is 39.4 Å². The summed E-state index contributed by atoms with van der Waals surface area (Å²) in [6.07, 6.45) is 0. The normalized spacial score (nSPS) is 18.0. The van der Waals surface area contributed by atoms with E-state index in [1.54, 1.807) is 0 Å². The molecule has 0 radical (unpaired) electrons. The Hall–Kier alpha value is -3.19. The predicted molar refractivity (Wildman–Crippen MR) is 122 cm³/mol. The summed E-state index contributed by atoms with van der Waals surface area (Å²) in [5, 5.41) is 5.63. The number of hydrogen-bond donors (Lipinski definition) is 0. The smallest absolute Gasteiger partial charge is 0.253 e. The number of amides is 2. The lowest BCUT2D eigenvalue weighted by molar-refractivity contribution is -0.170. The van der Waals surface area contributed by atoms with Crippen molar-refractivity contribution in [3.8, 4) is 11.1 Å². The zero-order chi connectivity index (χ0) is 22.5. The lowest BCUT2D eigenvalue weighted by atomic mass is 9.86. The summed E-state index contributed by atoms with van der Waals surface area (Å²) in [6.45, 7) is 7.20. The van der Waals surface area contributed by atoms with Crippen molar-refractivity contribution in [2.45, 2.75) is 13.8 Å². The first-order chi connectivity index (χ1) is 15.4. The SMILES string of the molecule is Cc1nn(C)c2ccc(-c3ccc(C(=O)N4CCN(C(=O)C5(C)COC5)CC4)cc3)cc12. The molecular weight excluding hydrogens is 404 g/mol. The van der Waals surface area contributed by atoms with E-state index in [1.807, 2.05) is 59.6 Å². The van der Waals surface area contributed by atoms with Crippen LogP contribution >= 0.6 is 0 Å². The van der Waals surface area contributed by atoms with Crippen molar-refractivity contribution < 1.29 is 14.3 Å². The van der Waals surface area contributed by atoms with Crippen molar-refractivity contribution in [2.24, 2.45) is 12.5 Å². The summed E-state index contributed by atoms with van der Waals surface area (Å²) in [5.41, 5.74) is 4.57. The summed E-state index contributed by atoms with van der Waals surface area (Å²) in [6, 6.07) is 14.1. The minimum Gasteiger partial charge on any atom is -0.379 e. The molecule has 0 unspecified atom stereocenters. The molecule has 7 nitrogen and oxygen atoms in total. The highest BCUT2D eigenvalue weighted by Crippen LogP contribution is 2.30. The molecule has 0 aliphatic carbocycles. The Kier molecular flexibility index (Phi) is 5.01. The molecule has 3 heterocycles. The monoisotopic (exact) mass is 432 g/mol. The molecule has 2 fully saturated rings. The molecule has 2 aliphatic heterocycles. The maximum absolute atomic E-state index is 13.0. The average Bonchev–Trinajstić information content (AvgIpc) is 3.09. The van der Waals surface area contributed by atoms with Gasteiger partial charge in [-0.1, -0.05) is 18.2 Å². The fourth-order valence-electron chi connectivity index (χ4n) is 4.63. The fraction of sp³-hybridized carbons (Fsp3) is 0.400. The minimum atomic E-state index is -0.390. The number of benzene rings is 2. The molecule has 2 aromatic carbocycles. The Morgan fingerprint density at radius 3 is 2.19 bits per heavy atom. The Balaban J connectivity index is 1.26. The fourth-order valence-corrected chi connectivity index (χ4v) is 4.63. The third-order valence-corrected chi connectivity index (χ3v) is 6.71. The molecule has 2 saturated heterocycles. The van der Waals surface area contributed by atoms with Gasteiger partial charge in [0.1, 0.15) is 0 Å². The zero-order valence-corrected chi connectivity index (χ0v) is 18.8. The van der Waals surface area contributed by atoms with Crippen LogP contribution in [0, 0.1) is 12.3 Å². The van der Waals surface area contributed by atoms with Gasteiger partial charge in [0.25, 0.3) is 5.91 Å². The van der Waals surface area contributed by atoms with Crippen molar-refractivity contribution >= 4 is 22.7 Å². The number of carbonyl (C=O) groups is 2. The van der Waals surface area contributed by atoms with E-state index in [0.717, 1.165) is 27.7 Å². The van der Waals surface area contributed by atoms with E-state index in [1.165, 1.54) is 0 Å². The number of aryl methyl sites for hydroxylation is 2. The van der Waals surface area contributed by atoms with Gasteiger partial charge in [-0.05, 0) is 49.2 Å². The maximum Gasteiger partial charge on any atom is 0.253 e. The van der Waals surface area contributed by atoms with Crippen molar-refractivity contribution in [3.05, 3.63) is 53.7 Å². The van der Waals surface area contributed by atoms with E-state index >= 15 is 0 Å². The van der Waals surface area contributed by atoms with Gasteiger partial charge in [0.15, 0.2) is 0 Å². The molecule has 3 aromatic rings. The quantitative estimate of drug-likeness (QED) is 0.638. The number of aromatic nitrogens is 2. The van der Waals surface area contributed by atoms with Gasteiger partial charge in [-0.2, -0.15) is 5.10 Å². The lowest BCUT2D eigenvalue weighted by Crippen LogP contribution is -2.58. The van der Waals surface area contributed by atoms with E-state index in [-0.39, 0.29) is 17.2 Å². The number of ether oxygens (including phenoxy) is 1. The van der Waals surface area contributed by atoms with Crippen molar-refractivity contribution in [3.63, 3.8) is 0 Å². The van der Waals surface area contributed by atoms with E-state index in [9.17, 15) is 9.59 Å². The highest BCUT2D eigenvalue weighted by molar-refractivity contribution is 5.95. The van der Waals surface area contributed by atoms with Gasteiger partial charge in [0, 0.05) is 44.2 Å². The first-order valence-electron chi connectivity index (χ1n) is 11.1. The van der Waals surface area contributed by atoms with Gasteiger partial charge in [-0.25, -0.2) is 0 Å². The zero-order valence-electron chi connectivity index (χ0n) is 18.8. The minimum absolute atomic E-state index is 0.0143. The van der Waals surface area contributed by atoms with Crippen LogP contribution in [0.2, 0.25) is 0 Å². The molecule has 32 heavy (non-hydrogen) atoms. The molecule has 0 saturated carbocycles. The molecule has 2 amide bonds. The Bertz CT molecular complexity index is 1190. The maximum atomic E-state index is 13.0. The van der Waals surface area contributed by atoms with Crippen LogP contribution in [-0.4, -0.2) is 70.8 Å². The highest BCUT2D eigenvalue weighted by Gasteiger charge is 2.44. The molecule has 0 spiro atoms. The van der Waals surface area contributed by atoms with Crippen LogP contribution in [0.3, 0.4) is 0 Å². The third-order valence-electron chi connectivity index (χ3n) is 6.71. The topological polar surface area (TPSA) is 67.7 Å². The first-order valence-corrected chi connectivity index (χ1v) is 11.1. The molecular formula is C25H28N4O3. The van der Waals surface area contributed by atoms with Gasteiger partial charge < -0.3 is 14.5 Å². The van der Waals surface area contributed by atoms with Gasteiger partial charge in [0.2, 0.25) is 5.91 Å². The highest BCUT2D eigenvalue weighted by atomic mass is 16.5. The summed E-state index contributed by atoms with van der Waals surface area (Å²) in [7, 11) is 1.95. The molecule has 0 bridgehead atoms. The van der Waals surface area contributed by atoms with Crippen LogP contribution in [0.5, 0.6) is 0 Å². The third kappa shape index (κ3) is 3.46. The second kappa shape index (κ2) is 7.74. The molecule has 1 aromatic heterocycles. The van der Waals surface area contributed by atoms with Gasteiger partial charge in [-0.3, -0.25) is 14.3 Å². The van der Waals surface area contributed by atoms with Gasteiger partial charge in [0.05, 0.1) is 29.8 Å². The van der Waals surface area contributed by atoms with Gasteiger partial charge in [-0.15, -0.1) is 0 Å². The van der Waals surface area contributed by atoms with Gasteiger partial charge >= 0.3 is 0 Å². The number of piperazine rings is 1. The number of hydrogen-bond acceptors (Lipinski definition) is 4. The van der Waals surface area contributed by atoms with Crippen LogP contribution in [0.4, 0.5) is 0 Å². The van der Waals surface area contributed by atoms with Crippen LogP contribution < -0.4 is 0 Å². The first kappa shape index (κ1) is 20.7. The molecule has 2 aliphatic rings. The summed E-state index contributed by atoms with van der Waals surface area (Å²) >= 11 is 0. The Morgan fingerprint density at radius 1 is 0.938 bits per heavy atom. The average molecular weight is 433 g/mol. The number of carbonyl (C=O) groups excluding carboxylic acids is 2. The van der Waals surface area contributed by atoms with Crippen molar-refractivity contribution in [1.82, 2.24) is 19.6 Å². The summed E-state index contributed by atoms with van der Waals surface area (Å²) in [5.74, 6) is 0.154. The molecule has 0 N–H and O–H groups in total. The Labute approximate surface area is 187 Å². The Morgan fingerprint density at radius 2 is 1.56 bits per heavy atom. The van der Waals surface area contributed by atoms with E-state index in [2.05, 4.69) is 23.3 Å². The van der Waals surface area contributed by atoms with E-state index < -0.39 is 0 Å². The molecule has 7 heteroatoms. The summed E-state index contributed by atoms with van der Waals surface area (Å²) < 4.78 is 7.11. The van der Waals surface area contributed by atoms with Crippen LogP contribution in [-0.2, 0) is 16.6 Å². The number of rotatable bonds is 3. The van der Waals surface area contributed by atoms with E-state index in [4.69, 9.17) is 4.74 Å². The molecule has 166 valence electrons. The van der Waals surface area contributed by atoms with E-state index in [0.29, 0.717) is 45.0 Å². The lowest BCUT2D eigenvalue weighted by Gasteiger charge is -2.43. The van der Waals surface area contributed by atoms with Crippen molar-refractivity contribution in [1.29, 1.82) is 0 Å². The second-order valence-electron chi connectivity index (χ2n) is 9.16. The standard InChI is InChI=1S/C25H28N4O3/c1-17-21-14-20(8-9-22(21)27(3)26-17)18-4-6-19(7-5-18)23(30)28-10-12-29(13-11-28)24(31)25(2)15-32-16-25/h4-9,14H,10-13,15-16H2,1-3H3. The van der Waals surface area contributed by atoms with Crippen LogP contribution in [0.1, 0.15) is 23.0 Å². The largest absolute Gasteiger partial charge is 0.379 e. The molecule has 5 rings (SSSR count). The summed E-state index contributed by atoms with van der Waals surface area (Å²) in [4.78, 5) is 29.4. The molecule has 0 atom stereocenters. The predicted octanol–water partition coefficient (Wildman–Crippen LogP) is 2.87. The second-order valence-corrected chi connectivity index (χ2v) is 9.16. The number of nitrogens with zero attached hydrogens (tertiary/aromatic N) is 4. The number of fused-ring (bicyclic) bond motifs is 1. The van der Waals surface area contributed by atoms with Crippen LogP contribution in [0.25, 0.3) is 22.0 Å².